The van der Waals surface area contributed by atoms with Crippen LogP contribution in [-0.2, 0) is 6.42 Å². The molecule has 1 aliphatic carbocycles. The van der Waals surface area contributed by atoms with Crippen molar-refractivity contribution < 1.29 is 14.0 Å². The molecule has 0 saturated heterocycles. The molecule has 0 bridgehead atoms. The molecular weight excluding hydrogens is 269 g/mol. The summed E-state index contributed by atoms with van der Waals surface area (Å²) in [6, 6.07) is 12.2. The molecule has 0 fully saturated rings. The van der Waals surface area contributed by atoms with E-state index in [-0.39, 0.29) is 11.7 Å². The number of carbonyl (C=O) groups is 2. The first-order chi connectivity index (χ1) is 10.1. The Hall–Kier alpha value is -2.49. The second kappa shape index (κ2) is 5.48. The van der Waals surface area contributed by atoms with Crippen LogP contribution in [0.3, 0.4) is 0 Å². The number of halogens is 1. The Kier molecular flexibility index (Phi) is 3.52. The van der Waals surface area contributed by atoms with Crippen LogP contribution in [0.5, 0.6) is 0 Å². The lowest BCUT2D eigenvalue weighted by Gasteiger charge is -2.24. The van der Waals surface area contributed by atoms with E-state index in [0.717, 1.165) is 12.0 Å². The smallest absolute Gasteiger partial charge is 0.251 e. The first-order valence-corrected chi connectivity index (χ1v) is 6.84. The largest absolute Gasteiger partial charge is 0.342 e. The molecule has 0 aliphatic heterocycles. The summed E-state index contributed by atoms with van der Waals surface area (Å²) in [5, 5.41) is 2.73. The molecule has 3 nitrogen and oxygen atoms in total. The van der Waals surface area contributed by atoms with Crippen LogP contribution in [0.15, 0.2) is 48.5 Å². The predicted octanol–water partition coefficient (Wildman–Crippen LogP) is 2.75. The van der Waals surface area contributed by atoms with Crippen molar-refractivity contribution in [1.82, 2.24) is 5.32 Å². The number of Topliss-reactive ketones (excluding diaryl/α,β-unsaturated/α-hetero) is 1. The van der Waals surface area contributed by atoms with Crippen LogP contribution in [0.25, 0.3) is 0 Å². The second-order valence-electron chi connectivity index (χ2n) is 5.09. The molecule has 2 aromatic carbocycles. The molecule has 1 amide bonds. The molecule has 0 aromatic heterocycles. The molecular formula is C17H14FNO2. The van der Waals surface area contributed by atoms with Crippen LogP contribution in [0.2, 0.25) is 0 Å². The third-order valence-corrected chi connectivity index (χ3v) is 3.71. The fourth-order valence-electron chi connectivity index (χ4n) is 2.58. The van der Waals surface area contributed by atoms with Gasteiger partial charge in [0.2, 0.25) is 0 Å². The van der Waals surface area contributed by atoms with Gasteiger partial charge in [-0.05, 0) is 42.7 Å². The SMILES string of the molecule is O=C(NC1CCc2ccccc2C1=O)c1ccc(F)cc1. The third-order valence-electron chi connectivity index (χ3n) is 3.71. The second-order valence-corrected chi connectivity index (χ2v) is 5.09. The van der Waals surface area contributed by atoms with Gasteiger partial charge in [0.05, 0.1) is 6.04 Å². The summed E-state index contributed by atoms with van der Waals surface area (Å²) in [4.78, 5) is 24.5. The number of amides is 1. The van der Waals surface area contributed by atoms with Gasteiger partial charge in [0, 0.05) is 11.1 Å². The molecule has 0 radical (unpaired) electrons. The highest BCUT2D eigenvalue weighted by Gasteiger charge is 2.28. The van der Waals surface area contributed by atoms with Gasteiger partial charge in [-0.1, -0.05) is 24.3 Å². The summed E-state index contributed by atoms with van der Waals surface area (Å²) in [5.74, 6) is -0.811. The van der Waals surface area contributed by atoms with Gasteiger partial charge in [0.25, 0.3) is 5.91 Å². The quantitative estimate of drug-likeness (QED) is 0.921. The van der Waals surface area contributed by atoms with Gasteiger partial charge in [-0.25, -0.2) is 4.39 Å². The fourth-order valence-corrected chi connectivity index (χ4v) is 2.58. The number of aryl methyl sites for hydroxylation is 1. The van der Waals surface area contributed by atoms with Crippen molar-refractivity contribution in [3.8, 4) is 0 Å². The third kappa shape index (κ3) is 2.70. The molecule has 4 heteroatoms. The minimum Gasteiger partial charge on any atom is -0.342 e. The summed E-state index contributed by atoms with van der Waals surface area (Å²) in [5.41, 5.74) is 2.05. The average molecular weight is 283 g/mol. The van der Waals surface area contributed by atoms with Gasteiger partial charge >= 0.3 is 0 Å². The van der Waals surface area contributed by atoms with Crippen LogP contribution in [-0.4, -0.2) is 17.7 Å². The normalized spacial score (nSPS) is 17.2. The summed E-state index contributed by atoms with van der Waals surface area (Å²) in [7, 11) is 0. The number of nitrogens with one attached hydrogen (secondary N) is 1. The number of benzene rings is 2. The van der Waals surface area contributed by atoms with E-state index in [0.29, 0.717) is 17.5 Å². The van der Waals surface area contributed by atoms with E-state index in [2.05, 4.69) is 5.32 Å². The maximum Gasteiger partial charge on any atom is 0.251 e. The van der Waals surface area contributed by atoms with Gasteiger partial charge in [-0.2, -0.15) is 0 Å². The van der Waals surface area contributed by atoms with Crippen LogP contribution in [0, 0.1) is 5.82 Å². The summed E-state index contributed by atoms with van der Waals surface area (Å²) >= 11 is 0. The maximum absolute atomic E-state index is 12.9. The van der Waals surface area contributed by atoms with Gasteiger partial charge in [0.1, 0.15) is 5.82 Å². The summed E-state index contributed by atoms with van der Waals surface area (Å²) in [6.45, 7) is 0. The van der Waals surface area contributed by atoms with E-state index >= 15 is 0 Å². The summed E-state index contributed by atoms with van der Waals surface area (Å²) < 4.78 is 12.9. The molecule has 0 saturated carbocycles. The first-order valence-electron chi connectivity index (χ1n) is 6.84. The Bertz CT molecular complexity index is 694. The van der Waals surface area contributed by atoms with Crippen molar-refractivity contribution in [1.29, 1.82) is 0 Å². The highest BCUT2D eigenvalue weighted by atomic mass is 19.1. The minimum atomic E-state index is -0.516. The van der Waals surface area contributed by atoms with Gasteiger partial charge in [-0.3, -0.25) is 9.59 Å². The zero-order valence-corrected chi connectivity index (χ0v) is 11.3. The Morgan fingerprint density at radius 2 is 1.81 bits per heavy atom. The average Bonchev–Trinajstić information content (AvgIpc) is 2.51. The van der Waals surface area contributed by atoms with Crippen molar-refractivity contribution in [2.24, 2.45) is 0 Å². The number of rotatable bonds is 2. The number of carbonyl (C=O) groups excluding carboxylic acids is 2. The van der Waals surface area contributed by atoms with Crippen LogP contribution in [0.1, 0.15) is 32.7 Å². The highest BCUT2D eigenvalue weighted by molar-refractivity contribution is 6.05. The van der Waals surface area contributed by atoms with E-state index in [1.165, 1.54) is 24.3 Å². The molecule has 0 heterocycles. The van der Waals surface area contributed by atoms with E-state index in [9.17, 15) is 14.0 Å². The number of ketones is 1. The van der Waals surface area contributed by atoms with E-state index in [4.69, 9.17) is 0 Å². The van der Waals surface area contributed by atoms with E-state index < -0.39 is 11.9 Å². The van der Waals surface area contributed by atoms with Crippen molar-refractivity contribution in [2.45, 2.75) is 18.9 Å². The predicted molar refractivity (Wildman–Crippen MR) is 76.7 cm³/mol. The Balaban J connectivity index is 1.76. The Morgan fingerprint density at radius 3 is 2.57 bits per heavy atom. The molecule has 1 N–H and O–H groups in total. The van der Waals surface area contributed by atoms with Crippen molar-refractivity contribution in [3.63, 3.8) is 0 Å². The Morgan fingerprint density at radius 1 is 1.10 bits per heavy atom. The monoisotopic (exact) mass is 283 g/mol. The topological polar surface area (TPSA) is 46.2 Å². The zero-order valence-electron chi connectivity index (χ0n) is 11.3. The molecule has 3 rings (SSSR count). The fraction of sp³-hybridized carbons (Fsp3) is 0.176. The number of hydrogen-bond donors (Lipinski definition) is 1. The lowest BCUT2D eigenvalue weighted by molar-refractivity contribution is 0.0845. The zero-order chi connectivity index (χ0) is 14.8. The minimum absolute atomic E-state index is 0.0627. The molecule has 0 spiro atoms. The maximum atomic E-state index is 12.9. The molecule has 1 unspecified atom stereocenters. The van der Waals surface area contributed by atoms with Crippen LogP contribution < -0.4 is 5.32 Å². The number of hydrogen-bond acceptors (Lipinski definition) is 2. The van der Waals surface area contributed by atoms with Crippen LogP contribution in [0.4, 0.5) is 4.39 Å². The highest BCUT2D eigenvalue weighted by Crippen LogP contribution is 2.21. The van der Waals surface area contributed by atoms with E-state index in [1.54, 1.807) is 6.07 Å². The summed E-state index contributed by atoms with van der Waals surface area (Å²) in [6.07, 6.45) is 1.35. The van der Waals surface area contributed by atoms with Gasteiger partial charge in [-0.15, -0.1) is 0 Å². The Labute approximate surface area is 121 Å². The first kappa shape index (κ1) is 13.5. The van der Waals surface area contributed by atoms with Gasteiger partial charge < -0.3 is 5.32 Å². The van der Waals surface area contributed by atoms with Gasteiger partial charge in [0.15, 0.2) is 5.78 Å². The van der Waals surface area contributed by atoms with Crippen molar-refractivity contribution in [2.75, 3.05) is 0 Å². The molecule has 1 atom stereocenters. The standard InChI is InChI=1S/C17H14FNO2/c18-13-8-5-12(6-9-13)17(21)19-15-10-7-11-3-1-2-4-14(11)16(15)20/h1-6,8-9,15H,7,10H2,(H,19,21). The van der Waals surface area contributed by atoms with Crippen LogP contribution >= 0.6 is 0 Å². The van der Waals surface area contributed by atoms with Crippen molar-refractivity contribution in [3.05, 3.63) is 71.0 Å². The molecule has 106 valence electrons. The van der Waals surface area contributed by atoms with Crippen molar-refractivity contribution >= 4 is 11.7 Å². The van der Waals surface area contributed by atoms with E-state index in [1.807, 2.05) is 18.2 Å². The lowest BCUT2D eigenvalue weighted by atomic mass is 9.87. The lowest BCUT2D eigenvalue weighted by Crippen LogP contribution is -2.43. The molecule has 2 aromatic rings. The molecule has 21 heavy (non-hydrogen) atoms. The molecule has 1 aliphatic rings. The number of fused-ring (bicyclic) bond motifs is 1.